The molecule has 1 aromatic rings. The standard InChI is InChI=1S/C21H26Cl2N4O.C2H6/c1-15(2)6-5-12-26-21(28)27(19-9-7-18(23)8-10-19)20(24)16(3)11-13-25-14-17(4)22;1-2/h6-11,13-14,24H,5,12H2,1-4H3,(H,26,28);1-2H3/b16-11+,17-14+,24-20?,25-13+;. The fourth-order valence-electron chi connectivity index (χ4n) is 2.11. The van der Waals surface area contributed by atoms with Crippen molar-refractivity contribution < 1.29 is 4.79 Å². The van der Waals surface area contributed by atoms with Gasteiger partial charge < -0.3 is 5.32 Å². The predicted octanol–water partition coefficient (Wildman–Crippen LogP) is 7.33. The van der Waals surface area contributed by atoms with Crippen molar-refractivity contribution in [3.05, 3.63) is 63.8 Å². The molecule has 0 aliphatic carbocycles. The van der Waals surface area contributed by atoms with E-state index < -0.39 is 0 Å². The van der Waals surface area contributed by atoms with E-state index in [2.05, 4.69) is 10.3 Å². The van der Waals surface area contributed by atoms with Gasteiger partial charge in [0, 0.05) is 29.0 Å². The van der Waals surface area contributed by atoms with Gasteiger partial charge in [-0.25, -0.2) is 9.69 Å². The maximum Gasteiger partial charge on any atom is 0.327 e. The van der Waals surface area contributed by atoms with Gasteiger partial charge in [-0.05, 0) is 70.0 Å². The molecule has 0 fully saturated rings. The van der Waals surface area contributed by atoms with Crippen LogP contribution in [0.1, 0.15) is 48.0 Å². The van der Waals surface area contributed by atoms with E-state index in [1.807, 2.05) is 33.8 Å². The number of amides is 2. The molecule has 0 heterocycles. The lowest BCUT2D eigenvalue weighted by molar-refractivity contribution is 0.249. The minimum atomic E-state index is -0.379. The number of nitrogens with zero attached hydrogens (tertiary/aromatic N) is 2. The SMILES string of the molecule is CC.CC(C)=CCCNC(=O)N(C(=N)/C(C)=C/C=N/C=C(\C)Cl)c1ccc(Cl)cc1. The van der Waals surface area contributed by atoms with E-state index >= 15 is 0 Å². The van der Waals surface area contributed by atoms with Gasteiger partial charge >= 0.3 is 6.03 Å². The molecule has 0 radical (unpaired) electrons. The smallest absolute Gasteiger partial charge is 0.327 e. The highest BCUT2D eigenvalue weighted by molar-refractivity contribution is 6.31. The summed E-state index contributed by atoms with van der Waals surface area (Å²) in [7, 11) is 0. The third-order valence-electron chi connectivity index (χ3n) is 3.52. The Morgan fingerprint density at radius 1 is 1.17 bits per heavy atom. The monoisotopic (exact) mass is 450 g/mol. The molecule has 30 heavy (non-hydrogen) atoms. The zero-order chi connectivity index (χ0) is 23.1. The van der Waals surface area contributed by atoms with Crippen LogP contribution in [-0.4, -0.2) is 24.6 Å². The molecule has 0 saturated carbocycles. The average Bonchev–Trinajstić information content (AvgIpc) is 2.71. The van der Waals surface area contributed by atoms with Gasteiger partial charge in [0.1, 0.15) is 5.84 Å². The van der Waals surface area contributed by atoms with Gasteiger partial charge in [-0.2, -0.15) is 0 Å². The normalized spacial score (nSPS) is 11.5. The maximum atomic E-state index is 12.8. The number of urea groups is 1. The van der Waals surface area contributed by atoms with Crippen molar-refractivity contribution in [1.29, 1.82) is 5.41 Å². The van der Waals surface area contributed by atoms with Gasteiger partial charge in [-0.15, -0.1) is 0 Å². The molecular weight excluding hydrogens is 419 g/mol. The minimum absolute atomic E-state index is 0.0417. The molecule has 0 unspecified atom stereocenters. The number of carbonyl (C=O) groups is 1. The first kappa shape index (κ1) is 27.6. The number of hydrogen-bond donors (Lipinski definition) is 2. The molecule has 7 heteroatoms. The summed E-state index contributed by atoms with van der Waals surface area (Å²) in [5, 5.41) is 12.4. The second kappa shape index (κ2) is 15.5. The summed E-state index contributed by atoms with van der Waals surface area (Å²) in [6, 6.07) is 6.39. The number of hydrogen-bond acceptors (Lipinski definition) is 3. The summed E-state index contributed by atoms with van der Waals surface area (Å²) < 4.78 is 0. The molecular formula is C23H32Cl2N4O. The van der Waals surface area contributed by atoms with Gasteiger partial charge in [0.05, 0.1) is 5.69 Å². The molecule has 0 bridgehead atoms. The molecule has 164 valence electrons. The first-order valence-corrected chi connectivity index (χ1v) is 10.6. The maximum absolute atomic E-state index is 12.8. The van der Waals surface area contributed by atoms with Crippen molar-refractivity contribution in [3.8, 4) is 0 Å². The second-order valence-electron chi connectivity index (χ2n) is 6.33. The first-order chi connectivity index (χ1) is 14.2. The van der Waals surface area contributed by atoms with Crippen LogP contribution in [0.5, 0.6) is 0 Å². The van der Waals surface area contributed by atoms with Crippen LogP contribution in [-0.2, 0) is 0 Å². The summed E-state index contributed by atoms with van der Waals surface area (Å²) in [6.07, 6.45) is 7.45. The average molecular weight is 451 g/mol. The molecule has 1 aromatic carbocycles. The number of rotatable bonds is 7. The van der Waals surface area contributed by atoms with Crippen LogP contribution in [0.3, 0.4) is 0 Å². The zero-order valence-corrected chi connectivity index (χ0v) is 20.1. The molecule has 0 aromatic heterocycles. The van der Waals surface area contributed by atoms with E-state index in [1.54, 1.807) is 44.2 Å². The highest BCUT2D eigenvalue weighted by Crippen LogP contribution is 2.20. The van der Waals surface area contributed by atoms with Gasteiger partial charge in [0.25, 0.3) is 0 Å². The van der Waals surface area contributed by atoms with Crippen LogP contribution in [0.4, 0.5) is 10.5 Å². The third-order valence-corrected chi connectivity index (χ3v) is 3.87. The highest BCUT2D eigenvalue weighted by Gasteiger charge is 2.21. The number of aliphatic imine (C=N–C) groups is 1. The summed E-state index contributed by atoms with van der Waals surface area (Å²) in [6.45, 7) is 12.0. The van der Waals surface area contributed by atoms with Gasteiger partial charge in [0.2, 0.25) is 0 Å². The molecule has 2 N–H and O–H groups in total. The Morgan fingerprint density at radius 3 is 2.30 bits per heavy atom. The lowest BCUT2D eigenvalue weighted by atomic mass is 10.2. The Labute approximate surface area is 190 Å². The number of halogens is 2. The van der Waals surface area contributed by atoms with Gasteiger partial charge in [0.15, 0.2) is 0 Å². The van der Waals surface area contributed by atoms with E-state index in [0.717, 1.165) is 6.42 Å². The van der Waals surface area contributed by atoms with E-state index in [0.29, 0.717) is 27.9 Å². The topological polar surface area (TPSA) is 68.6 Å². The first-order valence-electron chi connectivity index (χ1n) is 9.80. The summed E-state index contributed by atoms with van der Waals surface area (Å²) in [5.74, 6) is 0.0417. The van der Waals surface area contributed by atoms with Crippen molar-refractivity contribution in [1.82, 2.24) is 5.32 Å². The Bertz CT molecular complexity index is 801. The van der Waals surface area contributed by atoms with Gasteiger partial charge in [-0.1, -0.05) is 48.7 Å². The highest BCUT2D eigenvalue weighted by atomic mass is 35.5. The molecule has 1 rings (SSSR count). The lowest BCUT2D eigenvalue weighted by Crippen LogP contribution is -2.44. The molecule has 0 aliphatic heterocycles. The number of benzene rings is 1. The van der Waals surface area contributed by atoms with Crippen LogP contribution in [0.15, 0.2) is 63.8 Å². The molecule has 2 amide bonds. The second-order valence-corrected chi connectivity index (χ2v) is 7.36. The Balaban J connectivity index is 0.00000407. The number of anilines is 1. The largest absolute Gasteiger partial charge is 0.337 e. The molecule has 0 spiro atoms. The fourth-order valence-corrected chi connectivity index (χ4v) is 2.30. The minimum Gasteiger partial charge on any atom is -0.337 e. The third kappa shape index (κ3) is 11.0. The van der Waals surface area contributed by atoms with Crippen LogP contribution in [0.2, 0.25) is 5.02 Å². The van der Waals surface area contributed by atoms with Crippen LogP contribution in [0.25, 0.3) is 0 Å². The van der Waals surface area contributed by atoms with Crippen LogP contribution in [0, 0.1) is 5.41 Å². The van der Waals surface area contributed by atoms with E-state index in [9.17, 15) is 4.79 Å². The Hall–Kier alpha value is -2.37. The van der Waals surface area contributed by atoms with E-state index in [-0.39, 0.29) is 11.9 Å². The Kier molecular flexibility index (Phi) is 14.2. The van der Waals surface area contributed by atoms with Crippen molar-refractivity contribution in [2.75, 3.05) is 11.4 Å². The van der Waals surface area contributed by atoms with Crippen LogP contribution >= 0.6 is 23.2 Å². The quantitative estimate of drug-likeness (QED) is 0.194. The number of amidine groups is 1. The summed E-state index contributed by atoms with van der Waals surface area (Å²) in [4.78, 5) is 18.1. The van der Waals surface area contributed by atoms with E-state index in [4.69, 9.17) is 28.6 Å². The summed E-state index contributed by atoms with van der Waals surface area (Å²) >= 11 is 11.7. The molecule has 0 saturated heterocycles. The zero-order valence-electron chi connectivity index (χ0n) is 18.6. The molecule has 0 atom stereocenters. The van der Waals surface area contributed by atoms with Crippen LogP contribution < -0.4 is 10.2 Å². The molecule has 5 nitrogen and oxygen atoms in total. The Morgan fingerprint density at radius 2 is 1.77 bits per heavy atom. The van der Waals surface area contributed by atoms with Crippen molar-refractivity contribution >= 4 is 47.0 Å². The number of nitrogens with one attached hydrogen (secondary N) is 2. The van der Waals surface area contributed by atoms with E-state index in [1.165, 1.54) is 22.9 Å². The van der Waals surface area contributed by atoms with Gasteiger partial charge in [-0.3, -0.25) is 10.4 Å². The number of carbonyl (C=O) groups excluding carboxylic acids is 1. The fraction of sp³-hybridized carbons (Fsp3) is 0.348. The summed E-state index contributed by atoms with van der Waals surface area (Å²) in [5.41, 5.74) is 2.31. The van der Waals surface area contributed by atoms with Crippen molar-refractivity contribution in [3.63, 3.8) is 0 Å². The van der Waals surface area contributed by atoms with Crippen molar-refractivity contribution in [2.45, 2.75) is 48.0 Å². The lowest BCUT2D eigenvalue weighted by Gasteiger charge is -2.24. The predicted molar refractivity (Wildman–Crippen MR) is 132 cm³/mol. The number of allylic oxidation sites excluding steroid dienone is 3. The molecule has 0 aliphatic rings. The van der Waals surface area contributed by atoms with Crippen molar-refractivity contribution in [2.24, 2.45) is 4.99 Å².